The number of rotatable bonds is 18. The highest BCUT2D eigenvalue weighted by atomic mass is 32.2. The Morgan fingerprint density at radius 1 is 0.407 bits per heavy atom. The van der Waals surface area contributed by atoms with Gasteiger partial charge in [0, 0.05) is 86.4 Å². The first kappa shape index (κ1) is 63.5. The molecule has 12 rings (SSSR count). The van der Waals surface area contributed by atoms with E-state index in [4.69, 9.17) is 9.47 Å². The summed E-state index contributed by atoms with van der Waals surface area (Å²) in [5.74, 6) is 1.21. The van der Waals surface area contributed by atoms with Crippen LogP contribution in [0.1, 0.15) is 38.0 Å². The third kappa shape index (κ3) is 18.5. The van der Waals surface area contributed by atoms with Gasteiger partial charge in [-0.3, -0.25) is 43.7 Å². The van der Waals surface area contributed by atoms with Crippen molar-refractivity contribution in [1.82, 2.24) is 30.9 Å². The lowest BCUT2D eigenvalue weighted by atomic mass is 10.1. The van der Waals surface area contributed by atoms with Crippen LogP contribution in [0.4, 0.5) is 17.1 Å². The van der Waals surface area contributed by atoms with Gasteiger partial charge in [-0.15, -0.1) is 0 Å². The molecule has 0 spiro atoms. The van der Waals surface area contributed by atoms with Gasteiger partial charge in [-0.05, 0) is 132 Å². The van der Waals surface area contributed by atoms with Crippen molar-refractivity contribution in [3.05, 3.63) is 290 Å². The Morgan fingerprint density at radius 3 is 1.25 bits per heavy atom. The van der Waals surface area contributed by atoms with Crippen LogP contribution in [0.25, 0.3) is 32.3 Å². The number of benzene rings is 9. The van der Waals surface area contributed by atoms with Gasteiger partial charge in [0.1, 0.15) is 11.5 Å². The molecule has 6 amide bonds. The van der Waals surface area contributed by atoms with Crippen molar-refractivity contribution in [2.45, 2.75) is 16.7 Å². The molecule has 12 aromatic rings. The number of ether oxygens (including phenoxy) is 2. The molecular formula is C73H61N9O8S. The molecule has 9 aromatic carbocycles. The number of carbonyl (C=O) groups is 6. The number of amides is 6. The van der Waals surface area contributed by atoms with Crippen molar-refractivity contribution in [2.24, 2.45) is 0 Å². The molecule has 0 aliphatic rings. The number of aromatic nitrogens is 3. The molecule has 452 valence electrons. The predicted octanol–water partition coefficient (Wildman–Crippen LogP) is 14.2. The van der Waals surface area contributed by atoms with E-state index in [0.29, 0.717) is 64.0 Å². The molecule has 3 aromatic heterocycles. The molecule has 0 aliphatic heterocycles. The van der Waals surface area contributed by atoms with Crippen LogP contribution in [0.5, 0.6) is 23.0 Å². The smallest absolute Gasteiger partial charge is 0.252 e. The fourth-order valence-corrected chi connectivity index (χ4v) is 9.92. The molecule has 3 heterocycles. The van der Waals surface area contributed by atoms with Crippen molar-refractivity contribution in [1.29, 1.82) is 0 Å². The molecule has 0 unspecified atom stereocenters. The lowest BCUT2D eigenvalue weighted by Gasteiger charge is -2.13. The highest BCUT2D eigenvalue weighted by molar-refractivity contribution is 7.99. The van der Waals surface area contributed by atoms with Crippen LogP contribution in [0.15, 0.2) is 284 Å². The number of hydrogen-bond acceptors (Lipinski definition) is 12. The summed E-state index contributed by atoms with van der Waals surface area (Å²) in [6, 6.07) is 72.8. The van der Waals surface area contributed by atoms with Gasteiger partial charge in [-0.2, -0.15) is 0 Å². The standard InChI is InChI=1S/C24H19N3O3.C24H19N3O2S.C13H11NO2.C12H12N2O/c2*28-23(16-26-24(29)19-10-6-7-17-13-14-25-15-20(17)19)27-21-11-4-5-12-22(21)30-18-8-2-1-3-9-18;15-10-14-12-8-4-5-9-13(12)16-11-6-2-1-3-7-11;1-2-14-12(15)10-5-3-4-9-6-7-13-8-11(9)10/h2*1-15H,16H2,(H,26,29)(H,27,28);1-10H,(H,14,15);3-8H,2H2,1H3,(H,14,15). The van der Waals surface area contributed by atoms with Crippen molar-refractivity contribution in [3.63, 3.8) is 0 Å². The van der Waals surface area contributed by atoms with Crippen LogP contribution in [0.2, 0.25) is 0 Å². The molecule has 0 radical (unpaired) electrons. The second kappa shape index (κ2) is 33.2. The second-order valence-electron chi connectivity index (χ2n) is 19.5. The summed E-state index contributed by atoms with van der Waals surface area (Å²) < 4.78 is 11.5. The number of anilines is 3. The van der Waals surface area contributed by atoms with E-state index in [0.717, 1.165) is 47.9 Å². The first-order valence-corrected chi connectivity index (χ1v) is 29.5. The van der Waals surface area contributed by atoms with Crippen molar-refractivity contribution in [3.8, 4) is 23.0 Å². The second-order valence-corrected chi connectivity index (χ2v) is 20.6. The summed E-state index contributed by atoms with van der Waals surface area (Å²) in [6.45, 7) is 2.24. The van der Waals surface area contributed by atoms with E-state index < -0.39 is 0 Å². The number of nitrogens with one attached hydrogen (secondary N) is 6. The Kier molecular flexibility index (Phi) is 23.2. The molecule has 17 nitrogen and oxygen atoms in total. The maximum Gasteiger partial charge on any atom is 0.252 e. The van der Waals surface area contributed by atoms with E-state index in [1.54, 1.807) is 97.5 Å². The third-order valence-electron chi connectivity index (χ3n) is 13.3. The third-order valence-corrected chi connectivity index (χ3v) is 14.4. The number of para-hydroxylation sites is 7. The van der Waals surface area contributed by atoms with Gasteiger partial charge in [-0.1, -0.05) is 139 Å². The van der Waals surface area contributed by atoms with Crippen LogP contribution in [0.3, 0.4) is 0 Å². The quantitative estimate of drug-likeness (QED) is 0.0441. The highest BCUT2D eigenvalue weighted by Crippen LogP contribution is 2.34. The molecule has 0 fully saturated rings. The maximum atomic E-state index is 12.6. The van der Waals surface area contributed by atoms with Gasteiger partial charge in [0.2, 0.25) is 18.2 Å². The Morgan fingerprint density at radius 2 is 0.791 bits per heavy atom. The van der Waals surface area contributed by atoms with Crippen molar-refractivity contribution < 1.29 is 38.2 Å². The zero-order valence-electron chi connectivity index (χ0n) is 49.2. The van der Waals surface area contributed by atoms with E-state index in [1.807, 2.05) is 195 Å². The van der Waals surface area contributed by atoms with E-state index in [-0.39, 0.29) is 42.6 Å². The molecule has 91 heavy (non-hydrogen) atoms. The summed E-state index contributed by atoms with van der Waals surface area (Å²) in [7, 11) is 0. The van der Waals surface area contributed by atoms with Crippen LogP contribution in [0, 0.1) is 0 Å². The van der Waals surface area contributed by atoms with Gasteiger partial charge in [0.25, 0.3) is 17.7 Å². The number of carbonyl (C=O) groups excluding carboxylic acids is 6. The monoisotopic (exact) mass is 1220 g/mol. The lowest BCUT2D eigenvalue weighted by Crippen LogP contribution is -2.33. The Hall–Kier alpha value is -12.0. The first-order chi connectivity index (χ1) is 44.6. The van der Waals surface area contributed by atoms with Gasteiger partial charge >= 0.3 is 0 Å². The maximum absolute atomic E-state index is 12.6. The molecule has 0 atom stereocenters. The van der Waals surface area contributed by atoms with Crippen LogP contribution in [-0.2, 0) is 14.4 Å². The summed E-state index contributed by atoms with van der Waals surface area (Å²) in [5, 5.41) is 21.7. The first-order valence-electron chi connectivity index (χ1n) is 28.7. The van der Waals surface area contributed by atoms with Crippen molar-refractivity contribution in [2.75, 3.05) is 35.6 Å². The minimum Gasteiger partial charge on any atom is -0.455 e. The fourth-order valence-electron chi connectivity index (χ4n) is 8.99. The van der Waals surface area contributed by atoms with E-state index in [1.165, 1.54) is 0 Å². The molecule has 18 heteroatoms. The highest BCUT2D eigenvalue weighted by Gasteiger charge is 2.16. The van der Waals surface area contributed by atoms with Gasteiger partial charge < -0.3 is 41.4 Å². The topological polar surface area (TPSA) is 232 Å². The zero-order valence-corrected chi connectivity index (χ0v) is 50.0. The molecule has 0 aliphatic carbocycles. The molecule has 0 bridgehead atoms. The molecular weight excluding hydrogens is 1160 g/mol. The Labute approximate surface area is 529 Å². The lowest BCUT2D eigenvalue weighted by molar-refractivity contribution is -0.116. The average molecular weight is 1220 g/mol. The zero-order chi connectivity index (χ0) is 63.4. The summed E-state index contributed by atoms with van der Waals surface area (Å²) in [6.07, 6.45) is 10.7. The SMILES string of the molecule is CCNC(=O)c1cccc2ccncc12.O=C(CNC(=O)c1cccc2ccncc12)Nc1ccccc1Oc1ccccc1.O=C(CNC(=O)c1cccc2ccncc12)Nc1ccccc1Sc1ccccc1.O=CNc1ccccc1Oc1ccccc1. The number of fused-ring (bicyclic) bond motifs is 3. The molecule has 0 saturated carbocycles. The van der Waals surface area contributed by atoms with E-state index in [2.05, 4.69) is 46.9 Å². The van der Waals surface area contributed by atoms with Gasteiger partial charge in [-0.25, -0.2) is 0 Å². The number of hydrogen-bond donors (Lipinski definition) is 6. The largest absolute Gasteiger partial charge is 0.455 e. The minimum absolute atomic E-state index is 0.0453. The van der Waals surface area contributed by atoms with Gasteiger partial charge in [0.05, 0.1) is 30.2 Å². The van der Waals surface area contributed by atoms with Crippen molar-refractivity contribution >= 4 is 97.1 Å². The normalized spacial score (nSPS) is 10.3. The van der Waals surface area contributed by atoms with E-state index >= 15 is 0 Å². The summed E-state index contributed by atoms with van der Waals surface area (Å²) in [4.78, 5) is 86.4. The molecule has 0 saturated heterocycles. The molecule has 6 N–H and O–H groups in total. The number of nitrogens with zero attached hydrogens (tertiary/aromatic N) is 3. The average Bonchev–Trinajstić information content (AvgIpc) is 1.81. The summed E-state index contributed by atoms with van der Waals surface area (Å²) in [5.41, 5.74) is 3.54. The predicted molar refractivity (Wildman–Crippen MR) is 358 cm³/mol. The van der Waals surface area contributed by atoms with Crippen LogP contribution >= 0.6 is 11.8 Å². The van der Waals surface area contributed by atoms with E-state index in [9.17, 15) is 28.8 Å². The fraction of sp³-hybridized carbons (Fsp3) is 0.0548. The number of pyridine rings is 3. The van der Waals surface area contributed by atoms with Crippen LogP contribution < -0.4 is 41.4 Å². The Balaban J connectivity index is 0.000000150. The minimum atomic E-state index is -0.356. The summed E-state index contributed by atoms with van der Waals surface area (Å²) >= 11 is 1.57. The van der Waals surface area contributed by atoms with Gasteiger partial charge in [0.15, 0.2) is 11.5 Å². The Bertz CT molecular complexity index is 4230. The van der Waals surface area contributed by atoms with Crippen LogP contribution in [-0.4, -0.2) is 70.5 Å².